The van der Waals surface area contributed by atoms with Gasteiger partial charge >= 0.3 is 0 Å². The number of fused-ring (bicyclic) bond motifs is 1. The van der Waals surface area contributed by atoms with Crippen molar-refractivity contribution in [3.63, 3.8) is 0 Å². The van der Waals surface area contributed by atoms with Crippen LogP contribution in [0, 0.1) is 0 Å². The maximum absolute atomic E-state index is 10.8. The third-order valence-corrected chi connectivity index (χ3v) is 2.10. The molecule has 1 aromatic heterocycles. The van der Waals surface area contributed by atoms with E-state index in [1.807, 2.05) is 12.2 Å². The fraction of sp³-hybridized carbons (Fsp3) is 0.333. The predicted molar refractivity (Wildman–Crippen MR) is 53.4 cm³/mol. The Balaban J connectivity index is 2.33. The Morgan fingerprint density at radius 3 is 3.29 bits per heavy atom. The topological polar surface area (TPSA) is 83.8 Å². The lowest BCUT2D eigenvalue weighted by atomic mass is 10.1. The standard InChI is InChI=1S/C9H12N4O/c1-5(14)11-6-2-3-7-8(4-6)13-9(10)12-7/h3-4,6H,2H2,1H3,(H,11,14)(H3,10,12,13). The van der Waals surface area contributed by atoms with Gasteiger partial charge in [-0.1, -0.05) is 6.08 Å². The van der Waals surface area contributed by atoms with Crippen LogP contribution in [-0.2, 0) is 4.79 Å². The van der Waals surface area contributed by atoms with Crippen molar-refractivity contribution in [3.05, 3.63) is 10.7 Å². The molecular weight excluding hydrogens is 180 g/mol. The van der Waals surface area contributed by atoms with Gasteiger partial charge < -0.3 is 16.0 Å². The molecule has 1 aliphatic rings. The molecule has 1 heterocycles. The van der Waals surface area contributed by atoms with Crippen LogP contribution < -0.4 is 21.7 Å². The Morgan fingerprint density at radius 1 is 1.79 bits per heavy atom. The highest BCUT2D eigenvalue weighted by Crippen LogP contribution is 1.97. The van der Waals surface area contributed by atoms with Gasteiger partial charge in [-0.25, -0.2) is 4.98 Å². The Kier molecular flexibility index (Phi) is 1.99. The van der Waals surface area contributed by atoms with Gasteiger partial charge in [-0.15, -0.1) is 0 Å². The number of anilines is 1. The van der Waals surface area contributed by atoms with E-state index in [1.54, 1.807) is 0 Å². The van der Waals surface area contributed by atoms with Gasteiger partial charge in [0.2, 0.25) is 5.91 Å². The van der Waals surface area contributed by atoms with Crippen LogP contribution in [0.15, 0.2) is 0 Å². The number of nitrogen functional groups attached to an aromatic ring is 1. The highest BCUT2D eigenvalue weighted by atomic mass is 16.1. The SMILES string of the molecule is CC(=O)NC1C=c2[nH]c(N)nc2=CC1. The van der Waals surface area contributed by atoms with Crippen LogP contribution in [0.5, 0.6) is 0 Å². The Bertz CT molecular complexity index is 473. The zero-order chi connectivity index (χ0) is 10.1. The van der Waals surface area contributed by atoms with Crippen molar-refractivity contribution in [1.29, 1.82) is 0 Å². The normalized spacial score (nSPS) is 19.1. The summed E-state index contributed by atoms with van der Waals surface area (Å²) in [6, 6.07) is 0.0415. The van der Waals surface area contributed by atoms with Gasteiger partial charge in [-0.3, -0.25) is 4.79 Å². The van der Waals surface area contributed by atoms with Crippen LogP contribution in [0.3, 0.4) is 0 Å². The summed E-state index contributed by atoms with van der Waals surface area (Å²) in [5, 5.41) is 4.56. The molecule has 0 radical (unpaired) electrons. The van der Waals surface area contributed by atoms with E-state index in [0.29, 0.717) is 5.95 Å². The first-order valence-electron chi connectivity index (χ1n) is 4.46. The minimum absolute atomic E-state index is 0.0319. The number of nitrogens with two attached hydrogens (primary N) is 1. The van der Waals surface area contributed by atoms with E-state index in [-0.39, 0.29) is 11.9 Å². The van der Waals surface area contributed by atoms with Crippen LogP contribution in [-0.4, -0.2) is 21.9 Å². The summed E-state index contributed by atoms with van der Waals surface area (Å²) in [5.74, 6) is 0.376. The number of carbonyl (C=O) groups is 1. The minimum Gasteiger partial charge on any atom is -0.369 e. The average molecular weight is 192 g/mol. The summed E-state index contributed by atoms with van der Waals surface area (Å²) >= 11 is 0. The van der Waals surface area contributed by atoms with Gasteiger partial charge in [0.1, 0.15) is 0 Å². The highest BCUT2D eigenvalue weighted by Gasteiger charge is 2.09. The van der Waals surface area contributed by atoms with Crippen LogP contribution >= 0.6 is 0 Å². The molecule has 1 amide bonds. The van der Waals surface area contributed by atoms with Gasteiger partial charge in [0.05, 0.1) is 16.7 Å². The van der Waals surface area contributed by atoms with E-state index in [9.17, 15) is 4.79 Å². The van der Waals surface area contributed by atoms with Gasteiger partial charge in [-0.05, 0) is 12.5 Å². The van der Waals surface area contributed by atoms with E-state index in [4.69, 9.17) is 5.73 Å². The molecule has 0 saturated heterocycles. The number of H-pyrrole nitrogens is 1. The lowest BCUT2D eigenvalue weighted by Gasteiger charge is -2.12. The lowest BCUT2D eigenvalue weighted by molar-refractivity contribution is -0.119. The smallest absolute Gasteiger partial charge is 0.217 e. The lowest BCUT2D eigenvalue weighted by Crippen LogP contribution is -2.39. The Morgan fingerprint density at radius 2 is 2.57 bits per heavy atom. The van der Waals surface area contributed by atoms with Crippen molar-refractivity contribution in [3.8, 4) is 0 Å². The monoisotopic (exact) mass is 192 g/mol. The van der Waals surface area contributed by atoms with Crippen LogP contribution in [0.4, 0.5) is 5.95 Å². The third-order valence-electron chi connectivity index (χ3n) is 2.10. The number of imidazole rings is 1. The van der Waals surface area contributed by atoms with Gasteiger partial charge in [0.25, 0.3) is 0 Å². The predicted octanol–water partition coefficient (Wildman–Crippen LogP) is -1.54. The quantitative estimate of drug-likeness (QED) is 0.504. The Labute approximate surface area is 80.7 Å². The number of carbonyl (C=O) groups excluding carboxylic acids is 1. The molecule has 0 bridgehead atoms. The maximum Gasteiger partial charge on any atom is 0.217 e. The maximum atomic E-state index is 10.8. The Hall–Kier alpha value is -1.78. The number of rotatable bonds is 1. The van der Waals surface area contributed by atoms with Crippen molar-refractivity contribution < 1.29 is 4.79 Å². The summed E-state index contributed by atoms with van der Waals surface area (Å²) < 4.78 is 0. The first-order valence-corrected chi connectivity index (χ1v) is 4.46. The number of aromatic amines is 1. The van der Waals surface area contributed by atoms with Crippen LogP contribution in [0.1, 0.15) is 13.3 Å². The largest absolute Gasteiger partial charge is 0.369 e. The molecule has 2 rings (SSSR count). The minimum atomic E-state index is -0.0319. The summed E-state index contributed by atoms with van der Waals surface area (Å²) in [4.78, 5) is 17.8. The zero-order valence-corrected chi connectivity index (χ0v) is 7.87. The number of nitrogens with zero attached hydrogens (tertiary/aromatic N) is 1. The van der Waals surface area contributed by atoms with Crippen molar-refractivity contribution in [1.82, 2.24) is 15.3 Å². The van der Waals surface area contributed by atoms with E-state index in [2.05, 4.69) is 15.3 Å². The highest BCUT2D eigenvalue weighted by molar-refractivity contribution is 5.74. The van der Waals surface area contributed by atoms with E-state index >= 15 is 0 Å². The number of nitrogens with one attached hydrogen (secondary N) is 2. The molecule has 0 aliphatic heterocycles. The van der Waals surface area contributed by atoms with Gasteiger partial charge in [-0.2, -0.15) is 0 Å². The summed E-state index contributed by atoms with van der Waals surface area (Å²) in [6.07, 6.45) is 4.65. The molecule has 5 heteroatoms. The number of hydrogen-bond donors (Lipinski definition) is 3. The molecule has 1 unspecified atom stereocenters. The van der Waals surface area contributed by atoms with Crippen molar-refractivity contribution >= 4 is 24.0 Å². The molecule has 1 aliphatic carbocycles. The molecule has 74 valence electrons. The molecular formula is C9H12N4O. The average Bonchev–Trinajstić information content (AvgIpc) is 2.42. The third kappa shape index (κ3) is 1.61. The fourth-order valence-electron chi connectivity index (χ4n) is 1.57. The van der Waals surface area contributed by atoms with Gasteiger partial charge in [0.15, 0.2) is 5.95 Å². The molecule has 0 fully saturated rings. The molecule has 0 saturated carbocycles. The van der Waals surface area contributed by atoms with E-state index in [1.165, 1.54) is 6.92 Å². The number of amides is 1. The fourth-order valence-corrected chi connectivity index (χ4v) is 1.57. The molecule has 0 aromatic carbocycles. The molecule has 1 atom stereocenters. The summed E-state index contributed by atoms with van der Waals surface area (Å²) in [5.41, 5.74) is 5.51. The van der Waals surface area contributed by atoms with Gasteiger partial charge in [0, 0.05) is 6.92 Å². The zero-order valence-electron chi connectivity index (χ0n) is 7.87. The first-order chi connectivity index (χ1) is 6.65. The molecule has 5 nitrogen and oxygen atoms in total. The second kappa shape index (κ2) is 3.17. The number of aromatic nitrogens is 2. The summed E-state index contributed by atoms with van der Waals surface area (Å²) in [7, 11) is 0. The number of hydrogen-bond acceptors (Lipinski definition) is 3. The molecule has 4 N–H and O–H groups in total. The van der Waals surface area contributed by atoms with Crippen LogP contribution in [0.2, 0.25) is 0 Å². The van der Waals surface area contributed by atoms with E-state index < -0.39 is 0 Å². The second-order valence-electron chi connectivity index (χ2n) is 3.33. The molecule has 0 spiro atoms. The van der Waals surface area contributed by atoms with Crippen LogP contribution in [0.25, 0.3) is 12.2 Å². The molecule has 1 aromatic rings. The summed E-state index contributed by atoms with van der Waals surface area (Å²) in [6.45, 7) is 1.50. The van der Waals surface area contributed by atoms with Crippen molar-refractivity contribution in [2.45, 2.75) is 19.4 Å². The van der Waals surface area contributed by atoms with Crippen molar-refractivity contribution in [2.24, 2.45) is 0 Å². The van der Waals surface area contributed by atoms with Crippen molar-refractivity contribution in [2.75, 3.05) is 5.73 Å². The molecule has 14 heavy (non-hydrogen) atoms. The van der Waals surface area contributed by atoms with E-state index in [0.717, 1.165) is 17.1 Å². The second-order valence-corrected chi connectivity index (χ2v) is 3.33. The first kappa shape index (κ1) is 8.80.